The predicted octanol–water partition coefficient (Wildman–Crippen LogP) is 5.93. The molecule has 0 aliphatic carbocycles. The first-order valence-electron chi connectivity index (χ1n) is 7.58. The molecule has 0 aromatic heterocycles. The van der Waals surface area contributed by atoms with Crippen molar-refractivity contribution in [1.82, 2.24) is 0 Å². The largest absolute Gasteiger partial charge is 0.457 e. The Hall–Kier alpha value is -2.49. The van der Waals surface area contributed by atoms with E-state index in [1.165, 1.54) is 0 Å². The first-order valence-corrected chi connectivity index (χ1v) is 8.33. The Kier molecular flexibility index (Phi) is 5.59. The summed E-state index contributed by atoms with van der Waals surface area (Å²) in [7, 11) is 0. The zero-order valence-electron chi connectivity index (χ0n) is 13.1. The van der Waals surface area contributed by atoms with E-state index in [2.05, 4.69) is 0 Å². The maximum Gasteiger partial charge on any atom is 0.315 e. The van der Waals surface area contributed by atoms with Crippen molar-refractivity contribution in [2.45, 2.75) is 6.42 Å². The van der Waals surface area contributed by atoms with Crippen LogP contribution in [-0.4, -0.2) is 5.97 Å². The molecule has 5 heteroatoms. The number of esters is 1. The zero-order chi connectivity index (χ0) is 17.6. The minimum Gasteiger partial charge on any atom is -0.457 e. The van der Waals surface area contributed by atoms with E-state index in [-0.39, 0.29) is 12.4 Å². The second-order valence-electron chi connectivity index (χ2n) is 5.29. The van der Waals surface area contributed by atoms with E-state index in [0.29, 0.717) is 21.5 Å². The van der Waals surface area contributed by atoms with Crippen LogP contribution < -0.4 is 9.47 Å². The Morgan fingerprint density at radius 2 is 1.40 bits per heavy atom. The molecular weight excluding hydrogens is 359 g/mol. The lowest BCUT2D eigenvalue weighted by atomic mass is 10.1. The van der Waals surface area contributed by atoms with E-state index < -0.39 is 0 Å². The van der Waals surface area contributed by atoms with E-state index in [4.69, 9.17) is 32.7 Å². The van der Waals surface area contributed by atoms with Gasteiger partial charge in [-0.1, -0.05) is 47.5 Å². The number of rotatable bonds is 5. The zero-order valence-corrected chi connectivity index (χ0v) is 14.6. The number of halogens is 2. The van der Waals surface area contributed by atoms with E-state index in [9.17, 15) is 4.79 Å². The maximum absolute atomic E-state index is 12.0. The second-order valence-corrected chi connectivity index (χ2v) is 6.10. The van der Waals surface area contributed by atoms with Gasteiger partial charge < -0.3 is 9.47 Å². The average molecular weight is 373 g/mol. The van der Waals surface area contributed by atoms with Gasteiger partial charge in [0, 0.05) is 0 Å². The highest BCUT2D eigenvalue weighted by Crippen LogP contribution is 2.25. The SMILES string of the molecule is O=C(Cc1ccc(Cl)c(Cl)c1)Oc1ccc(Oc2ccccc2)cc1. The van der Waals surface area contributed by atoms with Gasteiger partial charge >= 0.3 is 5.97 Å². The molecule has 126 valence electrons. The molecule has 0 atom stereocenters. The van der Waals surface area contributed by atoms with E-state index >= 15 is 0 Å². The van der Waals surface area contributed by atoms with Crippen LogP contribution in [0.2, 0.25) is 10.0 Å². The number of carbonyl (C=O) groups excluding carboxylic acids is 1. The van der Waals surface area contributed by atoms with Crippen LogP contribution >= 0.6 is 23.2 Å². The standard InChI is InChI=1S/C20H14Cl2O3/c21-18-11-6-14(12-19(18)22)13-20(23)25-17-9-7-16(8-10-17)24-15-4-2-1-3-5-15/h1-12H,13H2. The molecule has 3 nitrogen and oxygen atoms in total. The van der Waals surface area contributed by atoms with Gasteiger partial charge in [-0.25, -0.2) is 0 Å². The van der Waals surface area contributed by atoms with Crippen LogP contribution in [0.1, 0.15) is 5.56 Å². The molecule has 0 N–H and O–H groups in total. The third-order valence-corrected chi connectivity index (χ3v) is 4.11. The van der Waals surface area contributed by atoms with Crippen LogP contribution in [0.4, 0.5) is 0 Å². The lowest BCUT2D eigenvalue weighted by molar-refractivity contribution is -0.133. The van der Waals surface area contributed by atoms with E-state index in [1.54, 1.807) is 42.5 Å². The van der Waals surface area contributed by atoms with Crippen molar-refractivity contribution in [3.8, 4) is 17.2 Å². The predicted molar refractivity (Wildman–Crippen MR) is 98.8 cm³/mol. The van der Waals surface area contributed by atoms with Gasteiger partial charge in [0.25, 0.3) is 0 Å². The lowest BCUT2D eigenvalue weighted by Gasteiger charge is -2.08. The first kappa shape index (κ1) is 17.3. The van der Waals surface area contributed by atoms with Gasteiger partial charge in [0.05, 0.1) is 16.5 Å². The third kappa shape index (κ3) is 4.99. The van der Waals surface area contributed by atoms with Crippen molar-refractivity contribution in [2.75, 3.05) is 0 Å². The summed E-state index contributed by atoms with van der Waals surface area (Å²) in [5.41, 5.74) is 0.739. The average Bonchev–Trinajstić information content (AvgIpc) is 2.61. The second kappa shape index (κ2) is 8.06. The summed E-state index contributed by atoms with van der Waals surface area (Å²) in [6.07, 6.45) is 0.110. The summed E-state index contributed by atoms with van der Waals surface area (Å²) >= 11 is 11.8. The molecule has 0 saturated heterocycles. The maximum atomic E-state index is 12.0. The molecular formula is C20H14Cl2O3. The molecule has 0 aliphatic rings. The molecule has 0 bridgehead atoms. The van der Waals surface area contributed by atoms with Crippen LogP contribution in [0, 0.1) is 0 Å². The minimum atomic E-state index is -0.380. The number of hydrogen-bond acceptors (Lipinski definition) is 3. The van der Waals surface area contributed by atoms with Crippen LogP contribution in [-0.2, 0) is 11.2 Å². The summed E-state index contributed by atoms with van der Waals surface area (Å²) < 4.78 is 11.0. The number of ether oxygens (including phenoxy) is 2. The fourth-order valence-electron chi connectivity index (χ4n) is 2.18. The Bertz CT molecular complexity index is 862. The van der Waals surface area contributed by atoms with Crippen LogP contribution in [0.5, 0.6) is 17.2 Å². The monoisotopic (exact) mass is 372 g/mol. The van der Waals surface area contributed by atoms with Gasteiger partial charge in [-0.05, 0) is 54.1 Å². The van der Waals surface area contributed by atoms with Crippen LogP contribution in [0.3, 0.4) is 0 Å². The molecule has 0 unspecified atom stereocenters. The van der Waals surface area contributed by atoms with Crippen LogP contribution in [0.25, 0.3) is 0 Å². The van der Waals surface area contributed by atoms with Crippen molar-refractivity contribution >= 4 is 29.2 Å². The van der Waals surface area contributed by atoms with Gasteiger partial charge in [-0.2, -0.15) is 0 Å². The third-order valence-electron chi connectivity index (χ3n) is 3.37. The van der Waals surface area contributed by atoms with Crippen molar-refractivity contribution in [2.24, 2.45) is 0 Å². The molecule has 0 amide bonds. The van der Waals surface area contributed by atoms with E-state index in [0.717, 1.165) is 11.3 Å². The van der Waals surface area contributed by atoms with Crippen molar-refractivity contribution in [3.05, 3.63) is 88.4 Å². The minimum absolute atomic E-state index is 0.110. The lowest BCUT2D eigenvalue weighted by Crippen LogP contribution is -2.11. The molecule has 3 rings (SSSR count). The highest BCUT2D eigenvalue weighted by molar-refractivity contribution is 6.42. The summed E-state index contributed by atoms with van der Waals surface area (Å²) in [5.74, 6) is 1.47. The molecule has 0 spiro atoms. The highest BCUT2D eigenvalue weighted by atomic mass is 35.5. The van der Waals surface area contributed by atoms with Gasteiger partial charge in [0.2, 0.25) is 0 Å². The van der Waals surface area contributed by atoms with Gasteiger partial charge in [0.15, 0.2) is 0 Å². The molecule has 25 heavy (non-hydrogen) atoms. The topological polar surface area (TPSA) is 35.5 Å². The molecule has 0 aliphatic heterocycles. The number of hydrogen-bond donors (Lipinski definition) is 0. The van der Waals surface area contributed by atoms with Gasteiger partial charge in [-0.15, -0.1) is 0 Å². The van der Waals surface area contributed by atoms with Crippen LogP contribution in [0.15, 0.2) is 72.8 Å². The molecule has 3 aromatic rings. The number of benzene rings is 3. The fraction of sp³-hybridized carbons (Fsp3) is 0.0500. The summed E-state index contributed by atoms with van der Waals surface area (Å²) in [6.45, 7) is 0. The van der Waals surface area contributed by atoms with E-state index in [1.807, 2.05) is 30.3 Å². The summed E-state index contributed by atoms with van der Waals surface area (Å²) in [6, 6.07) is 21.4. The Labute approximate surface area is 155 Å². The van der Waals surface area contributed by atoms with Gasteiger partial charge in [-0.3, -0.25) is 4.79 Å². The summed E-state index contributed by atoms with van der Waals surface area (Å²) in [5, 5.41) is 0.863. The smallest absolute Gasteiger partial charge is 0.315 e. The first-order chi connectivity index (χ1) is 12.1. The van der Waals surface area contributed by atoms with Gasteiger partial charge in [0.1, 0.15) is 17.2 Å². The fourth-order valence-corrected chi connectivity index (χ4v) is 2.50. The Morgan fingerprint density at radius 3 is 2.08 bits per heavy atom. The normalized spacial score (nSPS) is 10.3. The highest BCUT2D eigenvalue weighted by Gasteiger charge is 2.08. The molecule has 0 fully saturated rings. The molecule has 0 radical (unpaired) electrons. The van der Waals surface area contributed by atoms with Crippen molar-refractivity contribution in [1.29, 1.82) is 0 Å². The summed E-state index contributed by atoms with van der Waals surface area (Å²) in [4.78, 5) is 12.0. The molecule has 0 saturated carbocycles. The molecule has 0 heterocycles. The Morgan fingerprint density at radius 1 is 0.760 bits per heavy atom. The Balaban J connectivity index is 1.59. The van der Waals surface area contributed by atoms with Crippen molar-refractivity contribution < 1.29 is 14.3 Å². The van der Waals surface area contributed by atoms with Crippen molar-refractivity contribution in [3.63, 3.8) is 0 Å². The number of para-hydroxylation sites is 1. The number of carbonyl (C=O) groups is 1. The quantitative estimate of drug-likeness (QED) is 0.411. The molecule has 3 aromatic carbocycles.